The number of hydrogen-bond donors (Lipinski definition) is 0. The van der Waals surface area contributed by atoms with Crippen LogP contribution in [0.1, 0.15) is 27.0 Å². The summed E-state index contributed by atoms with van der Waals surface area (Å²) in [7, 11) is 0. The second-order valence-corrected chi connectivity index (χ2v) is 6.54. The van der Waals surface area contributed by atoms with Crippen molar-refractivity contribution in [1.29, 1.82) is 0 Å². The SMILES string of the molecule is Cc1cccc(N2CCN(C(=O)c3ccccc3C(F)(F)F)CC2)c1C. The Hall–Kier alpha value is -2.50. The number of hydrogen-bond acceptors (Lipinski definition) is 2. The van der Waals surface area contributed by atoms with Gasteiger partial charge in [0.1, 0.15) is 0 Å². The summed E-state index contributed by atoms with van der Waals surface area (Å²) in [4.78, 5) is 16.3. The van der Waals surface area contributed by atoms with E-state index in [4.69, 9.17) is 0 Å². The van der Waals surface area contributed by atoms with Gasteiger partial charge in [-0.2, -0.15) is 13.2 Å². The average Bonchev–Trinajstić information content (AvgIpc) is 2.63. The number of carbonyl (C=O) groups is 1. The van der Waals surface area contributed by atoms with E-state index in [-0.39, 0.29) is 5.56 Å². The maximum atomic E-state index is 13.2. The first-order valence-electron chi connectivity index (χ1n) is 8.55. The van der Waals surface area contributed by atoms with Crippen molar-refractivity contribution < 1.29 is 18.0 Å². The van der Waals surface area contributed by atoms with E-state index < -0.39 is 17.6 Å². The minimum absolute atomic E-state index is 0.278. The molecule has 0 aromatic heterocycles. The van der Waals surface area contributed by atoms with Crippen LogP contribution < -0.4 is 4.90 Å². The van der Waals surface area contributed by atoms with Gasteiger partial charge in [-0.05, 0) is 43.2 Å². The van der Waals surface area contributed by atoms with Gasteiger partial charge in [0, 0.05) is 31.9 Å². The molecule has 0 spiro atoms. The number of nitrogens with zero attached hydrogens (tertiary/aromatic N) is 2. The van der Waals surface area contributed by atoms with E-state index in [1.807, 2.05) is 25.1 Å². The number of aryl methyl sites for hydroxylation is 1. The van der Waals surface area contributed by atoms with E-state index >= 15 is 0 Å². The summed E-state index contributed by atoms with van der Waals surface area (Å²) in [5, 5.41) is 0. The predicted molar refractivity (Wildman–Crippen MR) is 95.5 cm³/mol. The quantitative estimate of drug-likeness (QED) is 0.796. The number of amides is 1. The van der Waals surface area contributed by atoms with E-state index in [2.05, 4.69) is 11.8 Å². The van der Waals surface area contributed by atoms with Crippen molar-refractivity contribution in [1.82, 2.24) is 4.90 Å². The highest BCUT2D eigenvalue weighted by molar-refractivity contribution is 5.96. The van der Waals surface area contributed by atoms with Gasteiger partial charge in [-0.3, -0.25) is 4.79 Å². The van der Waals surface area contributed by atoms with Crippen LogP contribution in [0.15, 0.2) is 42.5 Å². The molecule has 26 heavy (non-hydrogen) atoms. The summed E-state index contributed by atoms with van der Waals surface area (Å²) in [6.07, 6.45) is -4.53. The summed E-state index contributed by atoms with van der Waals surface area (Å²) in [6, 6.07) is 11.1. The lowest BCUT2D eigenvalue weighted by atomic mass is 10.0. The van der Waals surface area contributed by atoms with Crippen LogP contribution in [0.4, 0.5) is 18.9 Å². The predicted octanol–water partition coefficient (Wildman–Crippen LogP) is 4.28. The topological polar surface area (TPSA) is 23.6 Å². The first kappa shape index (κ1) is 18.3. The van der Waals surface area contributed by atoms with Crippen molar-refractivity contribution >= 4 is 11.6 Å². The van der Waals surface area contributed by atoms with Crippen LogP contribution >= 0.6 is 0 Å². The molecule has 2 aromatic rings. The standard InChI is InChI=1S/C20H21F3N2O/c1-14-6-5-9-18(15(14)2)24-10-12-25(13-11-24)19(26)16-7-3-4-8-17(16)20(21,22)23/h3-9H,10-13H2,1-2H3. The van der Waals surface area contributed by atoms with Crippen molar-refractivity contribution in [3.05, 3.63) is 64.7 Å². The molecule has 3 nitrogen and oxygen atoms in total. The van der Waals surface area contributed by atoms with Gasteiger partial charge in [0.25, 0.3) is 5.91 Å². The van der Waals surface area contributed by atoms with Gasteiger partial charge in [-0.15, -0.1) is 0 Å². The molecule has 0 aliphatic carbocycles. The number of halogens is 3. The third-order valence-corrected chi connectivity index (χ3v) is 4.95. The van der Waals surface area contributed by atoms with Crippen molar-refractivity contribution in [3.8, 4) is 0 Å². The second-order valence-electron chi connectivity index (χ2n) is 6.54. The number of piperazine rings is 1. The molecule has 6 heteroatoms. The zero-order chi connectivity index (χ0) is 18.9. The highest BCUT2D eigenvalue weighted by atomic mass is 19.4. The normalized spacial score (nSPS) is 15.3. The Morgan fingerprint density at radius 3 is 2.23 bits per heavy atom. The first-order chi connectivity index (χ1) is 12.3. The number of carbonyl (C=O) groups excluding carboxylic acids is 1. The molecule has 1 heterocycles. The van der Waals surface area contributed by atoms with Crippen molar-refractivity contribution in [2.45, 2.75) is 20.0 Å². The third-order valence-electron chi connectivity index (χ3n) is 4.95. The molecule has 0 unspecified atom stereocenters. The summed E-state index contributed by atoms with van der Waals surface area (Å²) < 4.78 is 39.5. The van der Waals surface area contributed by atoms with E-state index in [0.717, 1.165) is 11.8 Å². The maximum absolute atomic E-state index is 13.2. The lowest BCUT2D eigenvalue weighted by Gasteiger charge is -2.37. The van der Waals surface area contributed by atoms with Gasteiger partial charge in [0.2, 0.25) is 0 Å². The van der Waals surface area contributed by atoms with Crippen LogP contribution in [0.25, 0.3) is 0 Å². The summed E-state index contributed by atoms with van der Waals surface area (Å²) in [5.74, 6) is -0.557. The minimum Gasteiger partial charge on any atom is -0.368 e. The molecule has 0 atom stereocenters. The molecule has 1 amide bonds. The minimum atomic E-state index is -4.53. The smallest absolute Gasteiger partial charge is 0.368 e. The van der Waals surface area contributed by atoms with E-state index in [9.17, 15) is 18.0 Å². The molecule has 3 rings (SSSR count). The first-order valence-corrected chi connectivity index (χ1v) is 8.55. The van der Waals surface area contributed by atoms with Gasteiger partial charge in [0.05, 0.1) is 11.1 Å². The Labute approximate surface area is 151 Å². The highest BCUT2D eigenvalue weighted by Crippen LogP contribution is 2.32. The number of alkyl halides is 3. The average molecular weight is 362 g/mol. The molecule has 0 N–H and O–H groups in total. The summed E-state index contributed by atoms with van der Waals surface area (Å²) in [5.41, 5.74) is 2.35. The van der Waals surface area contributed by atoms with Gasteiger partial charge in [-0.25, -0.2) is 0 Å². The zero-order valence-corrected chi connectivity index (χ0v) is 14.8. The van der Waals surface area contributed by atoms with Crippen LogP contribution in [-0.4, -0.2) is 37.0 Å². The molecule has 0 bridgehead atoms. The monoisotopic (exact) mass is 362 g/mol. The van der Waals surface area contributed by atoms with Crippen molar-refractivity contribution in [3.63, 3.8) is 0 Å². The van der Waals surface area contributed by atoms with Crippen LogP contribution in [0.5, 0.6) is 0 Å². The largest absolute Gasteiger partial charge is 0.417 e. The van der Waals surface area contributed by atoms with Crippen LogP contribution in [0.2, 0.25) is 0 Å². The Kier molecular flexibility index (Phi) is 4.94. The maximum Gasteiger partial charge on any atom is 0.417 e. The molecule has 1 aliphatic heterocycles. The molecule has 138 valence electrons. The summed E-state index contributed by atoms with van der Waals surface area (Å²) in [6.45, 7) is 6.11. The van der Waals surface area contributed by atoms with Gasteiger partial charge >= 0.3 is 6.18 Å². The zero-order valence-electron chi connectivity index (χ0n) is 14.8. The highest BCUT2D eigenvalue weighted by Gasteiger charge is 2.36. The van der Waals surface area contributed by atoms with Crippen molar-refractivity contribution in [2.24, 2.45) is 0 Å². The van der Waals surface area contributed by atoms with Gasteiger partial charge < -0.3 is 9.80 Å². The molecule has 1 saturated heterocycles. The fourth-order valence-corrected chi connectivity index (χ4v) is 3.32. The van der Waals surface area contributed by atoms with E-state index in [1.54, 1.807) is 0 Å². The second kappa shape index (κ2) is 7.02. The molecular formula is C20H21F3N2O. The number of benzene rings is 2. The van der Waals surface area contributed by atoms with Gasteiger partial charge in [-0.1, -0.05) is 24.3 Å². The Balaban J connectivity index is 1.75. The lowest BCUT2D eigenvalue weighted by molar-refractivity contribution is -0.138. The Morgan fingerprint density at radius 2 is 1.58 bits per heavy atom. The lowest BCUT2D eigenvalue weighted by Crippen LogP contribution is -2.49. The summed E-state index contributed by atoms with van der Waals surface area (Å²) >= 11 is 0. The Morgan fingerprint density at radius 1 is 0.923 bits per heavy atom. The fourth-order valence-electron chi connectivity index (χ4n) is 3.32. The molecule has 1 aliphatic rings. The van der Waals surface area contributed by atoms with Crippen molar-refractivity contribution in [2.75, 3.05) is 31.1 Å². The van der Waals surface area contributed by atoms with E-state index in [1.165, 1.54) is 34.2 Å². The van der Waals surface area contributed by atoms with E-state index in [0.29, 0.717) is 26.2 Å². The number of anilines is 1. The van der Waals surface area contributed by atoms with Crippen LogP contribution in [0.3, 0.4) is 0 Å². The van der Waals surface area contributed by atoms with Crippen LogP contribution in [-0.2, 0) is 6.18 Å². The molecule has 2 aromatic carbocycles. The molecule has 1 fully saturated rings. The molecule has 0 radical (unpaired) electrons. The Bertz CT molecular complexity index is 809. The molecular weight excluding hydrogens is 341 g/mol. The van der Waals surface area contributed by atoms with Gasteiger partial charge in [0.15, 0.2) is 0 Å². The third kappa shape index (κ3) is 3.54. The molecule has 0 saturated carbocycles. The number of rotatable bonds is 2. The van der Waals surface area contributed by atoms with Crippen LogP contribution in [0, 0.1) is 13.8 Å². The fraction of sp³-hybridized carbons (Fsp3) is 0.350.